The third-order valence-corrected chi connectivity index (χ3v) is 11.2. The zero-order valence-corrected chi connectivity index (χ0v) is 21.6. The number of H-pyrrole nitrogens is 1. The number of aromatic nitrogens is 1. The van der Waals surface area contributed by atoms with E-state index in [0.29, 0.717) is 17.2 Å². The van der Waals surface area contributed by atoms with Crippen molar-refractivity contribution < 1.29 is 23.5 Å². The van der Waals surface area contributed by atoms with Gasteiger partial charge in [0.15, 0.2) is 11.5 Å². The number of nitrogens with one attached hydrogen (secondary N) is 1. The van der Waals surface area contributed by atoms with Gasteiger partial charge in [0.25, 0.3) is 0 Å². The van der Waals surface area contributed by atoms with Crippen molar-refractivity contribution in [1.82, 2.24) is 4.98 Å². The number of imide groups is 1. The van der Waals surface area contributed by atoms with E-state index in [9.17, 15) is 18.8 Å². The fourth-order valence-electron chi connectivity index (χ4n) is 7.28. The molecule has 3 aromatic rings. The van der Waals surface area contributed by atoms with Crippen molar-refractivity contribution in [3.63, 3.8) is 0 Å². The minimum atomic E-state index is -0.413. The molecule has 2 saturated carbocycles. The summed E-state index contributed by atoms with van der Waals surface area (Å²) in [6.07, 6.45) is 0.801. The molecule has 6 unspecified atom stereocenters. The largest absolute Gasteiger partial charge is 0.493 e. The number of thiazole rings is 1. The van der Waals surface area contributed by atoms with Gasteiger partial charge in [-0.15, -0.1) is 11.8 Å². The molecule has 4 aliphatic rings. The van der Waals surface area contributed by atoms with Crippen molar-refractivity contribution >= 4 is 40.6 Å². The van der Waals surface area contributed by atoms with Crippen LogP contribution in [0, 0.1) is 35.4 Å². The van der Waals surface area contributed by atoms with E-state index < -0.39 is 17.7 Å². The molecular formula is C27H23FN2O5S2. The Morgan fingerprint density at radius 3 is 2.35 bits per heavy atom. The second-order valence-electron chi connectivity index (χ2n) is 10.1. The second kappa shape index (κ2) is 8.19. The van der Waals surface area contributed by atoms with Gasteiger partial charge in [0.2, 0.25) is 11.8 Å². The van der Waals surface area contributed by atoms with E-state index in [1.807, 2.05) is 18.2 Å². The highest BCUT2D eigenvalue weighted by Crippen LogP contribution is 2.68. The molecule has 1 aromatic heterocycles. The number of amides is 2. The number of hydrogen-bond donors (Lipinski definition) is 1. The number of benzene rings is 2. The number of fused-ring (bicyclic) bond motifs is 9. The van der Waals surface area contributed by atoms with Gasteiger partial charge in [-0.3, -0.25) is 19.3 Å². The maximum atomic E-state index is 13.7. The topological polar surface area (TPSA) is 88.7 Å². The molecule has 7 atom stereocenters. The van der Waals surface area contributed by atoms with Gasteiger partial charge < -0.3 is 14.5 Å². The molecule has 2 aliphatic carbocycles. The number of halogens is 1. The molecule has 7 rings (SSSR count). The molecule has 7 nitrogen and oxygen atoms in total. The Hall–Kier alpha value is -3.11. The SMILES string of the molecule is COc1ccc([C@H]2c3sc(=O)[nH]c3SC3C4CC(C5C(=O)N(c6ccc(F)cc6)C(=O)C45)C32)cc1OC. The summed E-state index contributed by atoms with van der Waals surface area (Å²) in [7, 11) is 3.18. The number of thioether (sulfide) groups is 1. The number of methoxy groups -OCH3 is 2. The first-order chi connectivity index (χ1) is 17.9. The highest BCUT2D eigenvalue weighted by molar-refractivity contribution is 8.00. The van der Waals surface area contributed by atoms with Crippen molar-refractivity contribution in [2.75, 3.05) is 19.1 Å². The molecule has 0 radical (unpaired) electrons. The Labute approximate surface area is 220 Å². The van der Waals surface area contributed by atoms with Crippen LogP contribution in [0.3, 0.4) is 0 Å². The third kappa shape index (κ3) is 3.15. The van der Waals surface area contributed by atoms with Crippen LogP contribution in [0.25, 0.3) is 0 Å². The summed E-state index contributed by atoms with van der Waals surface area (Å²) in [6.45, 7) is 0. The van der Waals surface area contributed by atoms with Crippen LogP contribution in [0.2, 0.25) is 0 Å². The van der Waals surface area contributed by atoms with Gasteiger partial charge in [0.05, 0.1) is 36.8 Å². The van der Waals surface area contributed by atoms with E-state index >= 15 is 0 Å². The molecule has 3 fully saturated rings. The molecule has 2 amide bonds. The van der Waals surface area contributed by atoms with Crippen molar-refractivity contribution in [3.05, 3.63) is 68.4 Å². The van der Waals surface area contributed by atoms with Gasteiger partial charge in [-0.1, -0.05) is 17.4 Å². The first-order valence-corrected chi connectivity index (χ1v) is 13.9. The Morgan fingerprint density at radius 1 is 0.946 bits per heavy atom. The highest BCUT2D eigenvalue weighted by Gasteiger charge is 2.69. The predicted molar refractivity (Wildman–Crippen MR) is 137 cm³/mol. The van der Waals surface area contributed by atoms with Crippen LogP contribution in [-0.4, -0.2) is 36.3 Å². The first kappa shape index (κ1) is 23.0. The predicted octanol–water partition coefficient (Wildman–Crippen LogP) is 4.27. The Morgan fingerprint density at radius 2 is 1.65 bits per heavy atom. The van der Waals surface area contributed by atoms with Gasteiger partial charge in [-0.05, 0) is 66.1 Å². The fourth-order valence-corrected chi connectivity index (χ4v) is 10.2. The highest BCUT2D eigenvalue weighted by atomic mass is 32.2. The summed E-state index contributed by atoms with van der Waals surface area (Å²) < 4.78 is 24.6. The first-order valence-electron chi connectivity index (χ1n) is 12.2. The molecule has 10 heteroatoms. The van der Waals surface area contributed by atoms with Crippen molar-refractivity contribution in [1.29, 1.82) is 0 Å². The Balaban J connectivity index is 1.32. The van der Waals surface area contributed by atoms with E-state index in [4.69, 9.17) is 9.47 Å². The number of ether oxygens (including phenoxy) is 2. The van der Waals surface area contributed by atoms with Crippen molar-refractivity contribution in [2.24, 2.45) is 29.6 Å². The lowest BCUT2D eigenvalue weighted by molar-refractivity contribution is -0.123. The molecule has 3 heterocycles. The number of rotatable bonds is 4. The van der Waals surface area contributed by atoms with Gasteiger partial charge >= 0.3 is 4.87 Å². The summed E-state index contributed by atoms with van der Waals surface area (Å²) in [5.41, 5.74) is 1.42. The average molecular weight is 539 g/mol. The normalized spacial score (nSPS) is 31.3. The zero-order valence-electron chi connectivity index (χ0n) is 20.0. The average Bonchev–Trinajstić information content (AvgIpc) is 3.63. The maximum Gasteiger partial charge on any atom is 0.305 e. The van der Waals surface area contributed by atoms with E-state index in [2.05, 4.69) is 4.98 Å². The van der Waals surface area contributed by atoms with E-state index in [-0.39, 0.29) is 45.6 Å². The summed E-state index contributed by atoms with van der Waals surface area (Å²) in [4.78, 5) is 44.9. The lowest BCUT2D eigenvalue weighted by Crippen LogP contribution is -2.42. The van der Waals surface area contributed by atoms with Crippen LogP contribution >= 0.6 is 23.1 Å². The Kier molecular flexibility index (Phi) is 5.10. The van der Waals surface area contributed by atoms with Crippen LogP contribution in [0.4, 0.5) is 10.1 Å². The molecule has 37 heavy (non-hydrogen) atoms. The van der Waals surface area contributed by atoms with Crippen LogP contribution in [0.5, 0.6) is 11.5 Å². The Bertz CT molecular complexity index is 1500. The van der Waals surface area contributed by atoms with Gasteiger partial charge in [-0.2, -0.15) is 0 Å². The second-order valence-corrected chi connectivity index (χ2v) is 12.3. The zero-order chi connectivity index (χ0) is 25.6. The number of anilines is 1. The molecule has 1 N–H and O–H groups in total. The summed E-state index contributed by atoms with van der Waals surface area (Å²) in [6, 6.07) is 11.4. The van der Waals surface area contributed by atoms with Crippen molar-refractivity contribution in [3.8, 4) is 11.5 Å². The molecule has 2 aliphatic heterocycles. The van der Waals surface area contributed by atoms with Crippen molar-refractivity contribution in [2.45, 2.75) is 22.6 Å². The van der Waals surface area contributed by atoms with Crippen LogP contribution in [0.15, 0.2) is 52.3 Å². The molecule has 0 spiro atoms. The maximum absolute atomic E-state index is 13.7. The summed E-state index contributed by atoms with van der Waals surface area (Å²) in [5.74, 6) is -0.394. The van der Waals surface area contributed by atoms with E-state index in [0.717, 1.165) is 21.9 Å². The monoisotopic (exact) mass is 538 g/mol. The molecule has 1 saturated heterocycles. The van der Waals surface area contributed by atoms with Crippen LogP contribution < -0.4 is 19.2 Å². The standard InChI is InChI=1S/C27H23FN2O5S2/c1-34-16-8-3-11(9-17(16)35-2)18-19-14-10-15(22(19)36-24-23(18)37-27(33)29-24)21-20(14)25(31)30(26(21)32)13-6-4-12(28)5-7-13/h3-9,14-15,18-22H,10H2,1-2H3,(H,29,33)/t14?,15?,18-,19?,20?,21?,22?/m1/s1. The van der Waals surface area contributed by atoms with Gasteiger partial charge in [-0.25, -0.2) is 4.39 Å². The van der Waals surface area contributed by atoms with Gasteiger partial charge in [0.1, 0.15) is 5.82 Å². The van der Waals surface area contributed by atoms with Gasteiger partial charge in [0, 0.05) is 16.0 Å². The molecule has 2 aromatic carbocycles. The molecule has 190 valence electrons. The lowest BCUT2D eigenvalue weighted by atomic mass is 9.68. The fraction of sp³-hybridized carbons (Fsp3) is 0.370. The molecule has 2 bridgehead atoms. The number of aromatic amines is 1. The lowest BCUT2D eigenvalue weighted by Gasteiger charge is -2.43. The van der Waals surface area contributed by atoms with E-state index in [1.54, 1.807) is 26.0 Å². The van der Waals surface area contributed by atoms with Crippen LogP contribution in [-0.2, 0) is 9.59 Å². The minimum absolute atomic E-state index is 0.00199. The third-order valence-electron chi connectivity index (χ3n) is 8.58. The molecular weight excluding hydrogens is 515 g/mol. The van der Waals surface area contributed by atoms with Crippen LogP contribution in [0.1, 0.15) is 22.8 Å². The quantitative estimate of drug-likeness (QED) is 0.499. The number of carbonyl (C=O) groups excluding carboxylic acids is 2. The number of hydrogen-bond acceptors (Lipinski definition) is 7. The number of nitrogens with zero attached hydrogens (tertiary/aromatic N) is 1. The summed E-state index contributed by atoms with van der Waals surface area (Å²) in [5, 5.41) is 0.944. The smallest absolute Gasteiger partial charge is 0.305 e. The number of carbonyl (C=O) groups is 2. The minimum Gasteiger partial charge on any atom is -0.493 e. The van der Waals surface area contributed by atoms with E-state index in [1.165, 1.54) is 40.5 Å². The summed E-state index contributed by atoms with van der Waals surface area (Å²) >= 11 is 2.86.